The fraction of sp³-hybridized carbons (Fsp3) is 0.571. The zero-order chi connectivity index (χ0) is 13.2. The number of fused-ring (bicyclic) bond motifs is 1. The predicted octanol–water partition coefficient (Wildman–Crippen LogP) is 3.05. The normalized spacial score (nSPS) is 30.6. The van der Waals surface area contributed by atoms with Crippen LogP contribution in [-0.2, 0) is 0 Å². The summed E-state index contributed by atoms with van der Waals surface area (Å²) < 4.78 is 2.18. The molecule has 2 aliphatic carbocycles. The smallest absolute Gasteiger partial charge is 0.163 e. The van der Waals surface area contributed by atoms with E-state index in [0.717, 1.165) is 23.9 Å². The standard InChI is InChI=1S/C14H16ClN3O/c1-14(19)5-9(6-14)18-7-11(8-2-3-8)10-4-12(15)16-17-13(10)18/h4,7-9,19H,2-3,5-6H2,1H3. The molecular formula is C14H16ClN3O. The summed E-state index contributed by atoms with van der Waals surface area (Å²) in [5, 5.41) is 19.7. The third kappa shape index (κ3) is 1.85. The lowest BCUT2D eigenvalue weighted by Gasteiger charge is -2.41. The third-order valence-corrected chi connectivity index (χ3v) is 4.52. The van der Waals surface area contributed by atoms with Crippen molar-refractivity contribution in [3.8, 4) is 0 Å². The summed E-state index contributed by atoms with van der Waals surface area (Å²) in [5.41, 5.74) is 1.73. The molecule has 2 aliphatic rings. The Balaban J connectivity index is 1.82. The largest absolute Gasteiger partial charge is 0.390 e. The van der Waals surface area contributed by atoms with Gasteiger partial charge in [-0.2, -0.15) is 0 Å². The molecule has 0 aromatic carbocycles. The second-order valence-corrected chi connectivity index (χ2v) is 6.62. The molecule has 2 fully saturated rings. The Morgan fingerprint density at radius 2 is 2.11 bits per heavy atom. The van der Waals surface area contributed by atoms with Crippen LogP contribution >= 0.6 is 11.6 Å². The molecule has 0 spiro atoms. The Bertz CT molecular complexity index is 652. The minimum Gasteiger partial charge on any atom is -0.390 e. The van der Waals surface area contributed by atoms with E-state index in [4.69, 9.17) is 11.6 Å². The van der Waals surface area contributed by atoms with Gasteiger partial charge in [-0.25, -0.2) is 0 Å². The molecule has 0 aliphatic heterocycles. The summed E-state index contributed by atoms with van der Waals surface area (Å²) in [6, 6.07) is 2.26. The highest BCUT2D eigenvalue weighted by Gasteiger charge is 2.41. The molecule has 0 atom stereocenters. The molecule has 0 bridgehead atoms. The number of aliphatic hydroxyl groups is 1. The number of rotatable bonds is 2. The average Bonchev–Trinajstić information content (AvgIpc) is 3.08. The molecule has 2 aromatic heterocycles. The van der Waals surface area contributed by atoms with E-state index in [1.54, 1.807) is 0 Å². The molecule has 100 valence electrons. The van der Waals surface area contributed by atoms with Crippen LogP contribution < -0.4 is 0 Å². The summed E-state index contributed by atoms with van der Waals surface area (Å²) in [5.74, 6) is 0.657. The monoisotopic (exact) mass is 277 g/mol. The van der Waals surface area contributed by atoms with Gasteiger partial charge in [0.1, 0.15) is 0 Å². The Morgan fingerprint density at radius 1 is 1.37 bits per heavy atom. The van der Waals surface area contributed by atoms with Gasteiger partial charge in [0.05, 0.1) is 5.60 Å². The quantitative estimate of drug-likeness (QED) is 0.918. The van der Waals surface area contributed by atoms with Gasteiger partial charge < -0.3 is 9.67 Å². The molecule has 0 radical (unpaired) electrons. The van der Waals surface area contributed by atoms with Gasteiger partial charge in [0.2, 0.25) is 0 Å². The lowest BCUT2D eigenvalue weighted by molar-refractivity contribution is -0.0498. The van der Waals surface area contributed by atoms with Gasteiger partial charge in [0.25, 0.3) is 0 Å². The van der Waals surface area contributed by atoms with Gasteiger partial charge in [0, 0.05) is 17.6 Å². The SMILES string of the molecule is CC1(O)CC(n2cc(C3CC3)c3cc(Cl)nnc32)C1. The third-order valence-electron chi connectivity index (χ3n) is 4.34. The minimum atomic E-state index is -0.527. The molecule has 19 heavy (non-hydrogen) atoms. The number of halogens is 1. The van der Waals surface area contributed by atoms with E-state index in [9.17, 15) is 5.11 Å². The molecule has 2 aromatic rings. The second kappa shape index (κ2) is 3.70. The summed E-state index contributed by atoms with van der Waals surface area (Å²) in [6.45, 7) is 1.89. The number of hydrogen-bond acceptors (Lipinski definition) is 3. The number of hydrogen-bond donors (Lipinski definition) is 1. The van der Waals surface area contributed by atoms with Crippen molar-refractivity contribution >= 4 is 22.6 Å². The van der Waals surface area contributed by atoms with Crippen molar-refractivity contribution in [1.29, 1.82) is 0 Å². The molecule has 5 heteroatoms. The van der Waals surface area contributed by atoms with Crippen molar-refractivity contribution in [3.05, 3.63) is 23.0 Å². The summed E-state index contributed by atoms with van der Waals surface area (Å²) >= 11 is 5.97. The van der Waals surface area contributed by atoms with Crippen molar-refractivity contribution in [1.82, 2.24) is 14.8 Å². The van der Waals surface area contributed by atoms with Crippen molar-refractivity contribution in [2.45, 2.75) is 50.2 Å². The second-order valence-electron chi connectivity index (χ2n) is 6.23. The lowest BCUT2D eigenvalue weighted by Crippen LogP contribution is -2.41. The molecule has 2 saturated carbocycles. The Labute approximate surface area is 116 Å². The Morgan fingerprint density at radius 3 is 2.74 bits per heavy atom. The van der Waals surface area contributed by atoms with Gasteiger partial charge in [-0.3, -0.25) is 0 Å². The molecule has 2 heterocycles. The van der Waals surface area contributed by atoms with Gasteiger partial charge in [-0.1, -0.05) is 11.6 Å². The zero-order valence-electron chi connectivity index (χ0n) is 10.8. The summed E-state index contributed by atoms with van der Waals surface area (Å²) in [7, 11) is 0. The van der Waals surface area contributed by atoms with Crippen molar-refractivity contribution < 1.29 is 5.11 Å². The number of nitrogens with zero attached hydrogens (tertiary/aromatic N) is 3. The van der Waals surface area contributed by atoms with Gasteiger partial charge in [-0.15, -0.1) is 10.2 Å². The van der Waals surface area contributed by atoms with Crippen LogP contribution in [0.2, 0.25) is 5.15 Å². The van der Waals surface area contributed by atoms with Crippen molar-refractivity contribution in [2.75, 3.05) is 0 Å². The maximum atomic E-state index is 9.92. The van der Waals surface area contributed by atoms with E-state index in [1.807, 2.05) is 13.0 Å². The van der Waals surface area contributed by atoms with Crippen LogP contribution in [0.15, 0.2) is 12.3 Å². The summed E-state index contributed by atoms with van der Waals surface area (Å²) in [6.07, 6.45) is 6.27. The summed E-state index contributed by atoms with van der Waals surface area (Å²) in [4.78, 5) is 0. The van der Waals surface area contributed by atoms with Crippen LogP contribution in [0.4, 0.5) is 0 Å². The zero-order valence-corrected chi connectivity index (χ0v) is 11.6. The first-order valence-electron chi connectivity index (χ1n) is 6.79. The molecular weight excluding hydrogens is 262 g/mol. The fourth-order valence-corrected chi connectivity index (χ4v) is 3.34. The van der Waals surface area contributed by atoms with E-state index in [0.29, 0.717) is 17.1 Å². The van der Waals surface area contributed by atoms with Gasteiger partial charge in [0.15, 0.2) is 10.8 Å². The van der Waals surface area contributed by atoms with Gasteiger partial charge in [-0.05, 0) is 50.2 Å². The topological polar surface area (TPSA) is 50.9 Å². The molecule has 0 saturated heterocycles. The molecule has 1 N–H and O–H groups in total. The van der Waals surface area contributed by atoms with Crippen LogP contribution in [0.3, 0.4) is 0 Å². The molecule has 0 unspecified atom stereocenters. The van der Waals surface area contributed by atoms with E-state index in [-0.39, 0.29) is 0 Å². The van der Waals surface area contributed by atoms with E-state index >= 15 is 0 Å². The molecule has 4 rings (SSSR count). The van der Waals surface area contributed by atoms with Gasteiger partial charge >= 0.3 is 0 Å². The van der Waals surface area contributed by atoms with Crippen LogP contribution in [0.5, 0.6) is 0 Å². The lowest BCUT2D eigenvalue weighted by atomic mass is 9.77. The van der Waals surface area contributed by atoms with E-state index in [2.05, 4.69) is 21.0 Å². The first-order valence-corrected chi connectivity index (χ1v) is 7.17. The maximum absolute atomic E-state index is 9.92. The highest BCUT2D eigenvalue weighted by molar-refractivity contribution is 6.29. The van der Waals surface area contributed by atoms with Crippen molar-refractivity contribution in [2.24, 2.45) is 0 Å². The first-order chi connectivity index (χ1) is 9.03. The maximum Gasteiger partial charge on any atom is 0.163 e. The van der Waals surface area contributed by atoms with E-state index in [1.165, 1.54) is 18.4 Å². The Kier molecular flexibility index (Phi) is 2.28. The van der Waals surface area contributed by atoms with Crippen LogP contribution in [0.25, 0.3) is 11.0 Å². The highest BCUT2D eigenvalue weighted by Crippen LogP contribution is 2.47. The average molecular weight is 278 g/mol. The van der Waals surface area contributed by atoms with Crippen LogP contribution in [-0.4, -0.2) is 25.5 Å². The minimum absolute atomic E-state index is 0.334. The number of aromatic nitrogens is 3. The Hall–Kier alpha value is -1.13. The molecule has 4 nitrogen and oxygen atoms in total. The molecule has 0 amide bonds. The predicted molar refractivity (Wildman–Crippen MR) is 73.4 cm³/mol. The van der Waals surface area contributed by atoms with Crippen molar-refractivity contribution in [3.63, 3.8) is 0 Å². The fourth-order valence-electron chi connectivity index (χ4n) is 3.20. The van der Waals surface area contributed by atoms with Crippen LogP contribution in [0, 0.1) is 0 Å². The first kappa shape index (κ1) is 11.7. The highest BCUT2D eigenvalue weighted by atomic mass is 35.5. The van der Waals surface area contributed by atoms with Crippen LogP contribution in [0.1, 0.15) is 50.1 Å². The van der Waals surface area contributed by atoms with E-state index < -0.39 is 5.60 Å².